The normalized spacial score (nSPS) is 18.6. The Hall–Kier alpha value is -1.02. The van der Waals surface area contributed by atoms with Crippen LogP contribution in [0.25, 0.3) is 0 Å². The molecule has 0 atom stereocenters. The van der Waals surface area contributed by atoms with Crippen molar-refractivity contribution in [2.24, 2.45) is 5.41 Å². The molecule has 20 heavy (non-hydrogen) atoms. The Morgan fingerprint density at radius 2 is 1.85 bits per heavy atom. The minimum Gasteiger partial charge on any atom is -0.371 e. The van der Waals surface area contributed by atoms with Gasteiger partial charge in [-0.2, -0.15) is 0 Å². The first kappa shape index (κ1) is 15.4. The van der Waals surface area contributed by atoms with Crippen molar-refractivity contribution in [2.45, 2.75) is 60.0 Å². The summed E-state index contributed by atoms with van der Waals surface area (Å²) in [6.45, 7) is 14.7. The number of aryl methyl sites for hydroxylation is 1. The number of nitrogens with one attached hydrogen (secondary N) is 1. The van der Waals surface area contributed by atoms with Gasteiger partial charge >= 0.3 is 0 Å². The fraction of sp³-hybridized carbons (Fsp3) is 0.667. The molecule has 0 bridgehead atoms. The first-order valence-corrected chi connectivity index (χ1v) is 7.95. The van der Waals surface area contributed by atoms with E-state index in [1.807, 2.05) is 0 Å². The average Bonchev–Trinajstić information content (AvgIpc) is 2.37. The van der Waals surface area contributed by atoms with Crippen molar-refractivity contribution in [3.05, 3.63) is 29.3 Å². The molecule has 0 unspecified atom stereocenters. The predicted octanol–water partition coefficient (Wildman–Crippen LogP) is 4.12. The Labute approximate surface area is 124 Å². The summed E-state index contributed by atoms with van der Waals surface area (Å²) in [5, 5.41) is 3.56. The smallest absolute Gasteiger partial charge is 0.0412 e. The van der Waals surface area contributed by atoms with Crippen LogP contribution in [0, 0.1) is 12.3 Å². The zero-order valence-electron chi connectivity index (χ0n) is 13.8. The maximum atomic E-state index is 3.56. The van der Waals surface area contributed by atoms with Gasteiger partial charge in [-0.25, -0.2) is 0 Å². The molecule has 1 saturated heterocycles. The van der Waals surface area contributed by atoms with E-state index in [1.54, 1.807) is 0 Å². The van der Waals surface area contributed by atoms with Crippen LogP contribution in [0.1, 0.15) is 51.7 Å². The molecule has 0 saturated carbocycles. The highest BCUT2D eigenvalue weighted by molar-refractivity contribution is 5.55. The average molecular weight is 274 g/mol. The highest BCUT2D eigenvalue weighted by atomic mass is 15.1. The number of benzene rings is 1. The lowest BCUT2D eigenvalue weighted by Gasteiger charge is -2.39. The molecule has 0 amide bonds. The van der Waals surface area contributed by atoms with Crippen LogP contribution in [0.5, 0.6) is 0 Å². The molecule has 2 rings (SSSR count). The molecule has 0 aromatic heterocycles. The zero-order chi connectivity index (χ0) is 14.8. The quantitative estimate of drug-likeness (QED) is 0.888. The molecule has 1 N–H and O–H groups in total. The van der Waals surface area contributed by atoms with Gasteiger partial charge in [0.05, 0.1) is 0 Å². The summed E-state index contributed by atoms with van der Waals surface area (Å²) in [4.78, 5) is 2.57. The maximum absolute atomic E-state index is 3.56. The van der Waals surface area contributed by atoms with E-state index in [9.17, 15) is 0 Å². The van der Waals surface area contributed by atoms with Crippen molar-refractivity contribution in [2.75, 3.05) is 18.0 Å². The van der Waals surface area contributed by atoms with Crippen LogP contribution in [0.3, 0.4) is 0 Å². The van der Waals surface area contributed by atoms with Gasteiger partial charge in [0, 0.05) is 31.4 Å². The number of piperidine rings is 1. The summed E-state index contributed by atoms with van der Waals surface area (Å²) in [7, 11) is 0. The highest BCUT2D eigenvalue weighted by Crippen LogP contribution is 2.33. The summed E-state index contributed by atoms with van der Waals surface area (Å²) in [5.74, 6) is 0. The Balaban J connectivity index is 2.14. The lowest BCUT2D eigenvalue weighted by molar-refractivity contribution is 0.279. The van der Waals surface area contributed by atoms with Gasteiger partial charge in [0.25, 0.3) is 0 Å². The molecule has 1 aliphatic heterocycles. The molecule has 1 aliphatic rings. The van der Waals surface area contributed by atoms with Crippen LogP contribution in [0.2, 0.25) is 0 Å². The van der Waals surface area contributed by atoms with E-state index in [1.165, 1.54) is 42.7 Å². The van der Waals surface area contributed by atoms with Crippen LogP contribution in [-0.4, -0.2) is 19.1 Å². The molecule has 2 nitrogen and oxygen atoms in total. The van der Waals surface area contributed by atoms with Crippen molar-refractivity contribution in [3.63, 3.8) is 0 Å². The summed E-state index contributed by atoms with van der Waals surface area (Å²) in [6, 6.07) is 7.42. The zero-order valence-corrected chi connectivity index (χ0v) is 13.8. The first-order valence-electron chi connectivity index (χ1n) is 7.95. The topological polar surface area (TPSA) is 15.3 Å². The fourth-order valence-corrected chi connectivity index (χ4v) is 2.83. The van der Waals surface area contributed by atoms with Crippen LogP contribution >= 0.6 is 0 Å². The second kappa shape index (κ2) is 6.17. The minimum absolute atomic E-state index is 0.511. The molecule has 1 aromatic rings. The van der Waals surface area contributed by atoms with E-state index in [4.69, 9.17) is 0 Å². The number of hydrogen-bond donors (Lipinski definition) is 1. The van der Waals surface area contributed by atoms with Gasteiger partial charge in [0.15, 0.2) is 0 Å². The number of nitrogens with zero attached hydrogens (tertiary/aromatic N) is 1. The fourth-order valence-electron chi connectivity index (χ4n) is 2.83. The van der Waals surface area contributed by atoms with Gasteiger partial charge in [-0.05, 0) is 36.8 Å². The van der Waals surface area contributed by atoms with Gasteiger partial charge in [0.2, 0.25) is 0 Å². The van der Waals surface area contributed by atoms with Crippen LogP contribution in [0.15, 0.2) is 18.2 Å². The molecule has 1 fully saturated rings. The monoisotopic (exact) mass is 274 g/mol. The van der Waals surface area contributed by atoms with Crippen molar-refractivity contribution in [3.8, 4) is 0 Å². The van der Waals surface area contributed by atoms with E-state index in [2.05, 4.69) is 63.0 Å². The van der Waals surface area contributed by atoms with Crippen molar-refractivity contribution in [1.82, 2.24) is 5.32 Å². The van der Waals surface area contributed by atoms with E-state index in [0.717, 1.165) is 6.54 Å². The third kappa shape index (κ3) is 3.99. The van der Waals surface area contributed by atoms with E-state index >= 15 is 0 Å². The van der Waals surface area contributed by atoms with Crippen LogP contribution in [-0.2, 0) is 6.54 Å². The molecule has 1 heterocycles. The predicted molar refractivity (Wildman–Crippen MR) is 88.4 cm³/mol. The molecule has 0 spiro atoms. The van der Waals surface area contributed by atoms with Gasteiger partial charge in [0.1, 0.15) is 0 Å². The maximum Gasteiger partial charge on any atom is 0.0412 e. The second-order valence-electron chi connectivity index (χ2n) is 7.32. The van der Waals surface area contributed by atoms with Crippen molar-refractivity contribution < 1.29 is 0 Å². The Morgan fingerprint density at radius 3 is 2.45 bits per heavy atom. The van der Waals surface area contributed by atoms with Crippen molar-refractivity contribution >= 4 is 5.69 Å². The Bertz CT molecular complexity index is 439. The molecular weight excluding hydrogens is 244 g/mol. The molecule has 0 aliphatic carbocycles. The lowest BCUT2D eigenvalue weighted by atomic mass is 9.82. The van der Waals surface area contributed by atoms with E-state index in [0.29, 0.717) is 11.5 Å². The van der Waals surface area contributed by atoms with Gasteiger partial charge in [-0.15, -0.1) is 0 Å². The highest BCUT2D eigenvalue weighted by Gasteiger charge is 2.26. The van der Waals surface area contributed by atoms with Gasteiger partial charge in [-0.3, -0.25) is 0 Å². The van der Waals surface area contributed by atoms with Crippen LogP contribution < -0.4 is 10.2 Å². The minimum atomic E-state index is 0.511. The van der Waals surface area contributed by atoms with E-state index < -0.39 is 0 Å². The van der Waals surface area contributed by atoms with E-state index in [-0.39, 0.29) is 0 Å². The largest absolute Gasteiger partial charge is 0.371 e. The summed E-state index contributed by atoms with van der Waals surface area (Å²) < 4.78 is 0. The summed E-state index contributed by atoms with van der Waals surface area (Å²) in [5.41, 5.74) is 4.74. The Morgan fingerprint density at radius 1 is 1.20 bits per heavy atom. The number of hydrogen-bond acceptors (Lipinski definition) is 2. The SMILES string of the molecule is Cc1ccc(N2CCC(C)(C)CC2)c(CNC(C)C)c1. The molecule has 2 heteroatoms. The molecule has 0 radical (unpaired) electrons. The number of anilines is 1. The molecule has 1 aromatic carbocycles. The van der Waals surface area contributed by atoms with Crippen LogP contribution in [0.4, 0.5) is 5.69 Å². The summed E-state index contributed by atoms with van der Waals surface area (Å²) in [6.07, 6.45) is 2.58. The third-order valence-corrected chi connectivity index (χ3v) is 4.39. The second-order valence-corrected chi connectivity index (χ2v) is 7.32. The van der Waals surface area contributed by atoms with Gasteiger partial charge in [-0.1, -0.05) is 45.4 Å². The standard InChI is InChI=1S/C18H30N2/c1-14(2)19-13-16-12-15(3)6-7-17(16)20-10-8-18(4,5)9-11-20/h6-7,12,14,19H,8-11,13H2,1-5H3. The van der Waals surface area contributed by atoms with Crippen molar-refractivity contribution in [1.29, 1.82) is 0 Å². The lowest BCUT2D eigenvalue weighted by Crippen LogP contribution is -2.38. The first-order chi connectivity index (χ1) is 9.37. The third-order valence-electron chi connectivity index (χ3n) is 4.39. The Kier molecular flexibility index (Phi) is 4.74. The summed E-state index contributed by atoms with van der Waals surface area (Å²) >= 11 is 0. The number of rotatable bonds is 4. The van der Waals surface area contributed by atoms with Gasteiger partial charge < -0.3 is 10.2 Å². The molecular formula is C18H30N2. The molecule has 112 valence electrons.